The smallest absolute Gasteiger partial charge is 0.119 e. The third-order valence-corrected chi connectivity index (χ3v) is 2.64. The summed E-state index contributed by atoms with van der Waals surface area (Å²) in [7, 11) is 3.20. The molecule has 0 aromatic heterocycles. The van der Waals surface area contributed by atoms with Gasteiger partial charge in [-0.05, 0) is 23.3 Å². The summed E-state index contributed by atoms with van der Waals surface area (Å²) in [5.41, 5.74) is 3.19. The summed E-state index contributed by atoms with van der Waals surface area (Å²) in [6.07, 6.45) is 1.70. The molecule has 0 N–H and O–H groups in total. The Kier molecular flexibility index (Phi) is 3.97. The van der Waals surface area contributed by atoms with Crippen LogP contribution in [0.1, 0.15) is 5.56 Å². The van der Waals surface area contributed by atoms with Gasteiger partial charge in [-0.15, -0.1) is 0 Å². The highest BCUT2D eigenvalue weighted by Crippen LogP contribution is 2.26. The maximum absolute atomic E-state index is 5.24. The monoisotopic (exact) mass is 241 g/mol. The van der Waals surface area contributed by atoms with Crippen molar-refractivity contribution in [1.82, 2.24) is 0 Å². The van der Waals surface area contributed by atoms with Crippen molar-refractivity contribution in [3.63, 3.8) is 0 Å². The number of rotatable bonds is 4. The zero-order chi connectivity index (χ0) is 12.8. The lowest BCUT2D eigenvalue weighted by Crippen LogP contribution is -1.89. The van der Waals surface area contributed by atoms with Crippen LogP contribution in [0, 0.1) is 0 Å². The van der Waals surface area contributed by atoms with Gasteiger partial charge < -0.3 is 9.57 Å². The van der Waals surface area contributed by atoms with Crippen LogP contribution in [0.4, 0.5) is 0 Å². The summed E-state index contributed by atoms with van der Waals surface area (Å²) >= 11 is 0. The second kappa shape index (κ2) is 5.87. The molecule has 0 spiro atoms. The van der Waals surface area contributed by atoms with E-state index in [9.17, 15) is 0 Å². The number of oxime groups is 1. The molecule has 0 unspecified atom stereocenters. The Morgan fingerprint density at radius 2 is 1.83 bits per heavy atom. The summed E-state index contributed by atoms with van der Waals surface area (Å²) in [5.74, 6) is 0.839. The molecule has 0 heterocycles. The SMILES string of the molecule is CO/N=C/c1ccccc1-c1cccc(OC)c1. The van der Waals surface area contributed by atoms with Crippen LogP contribution < -0.4 is 4.74 Å². The minimum atomic E-state index is 0.839. The fraction of sp³-hybridized carbons (Fsp3) is 0.133. The van der Waals surface area contributed by atoms with E-state index in [1.807, 2.05) is 48.5 Å². The molecule has 0 aliphatic carbocycles. The lowest BCUT2D eigenvalue weighted by atomic mass is 10.0. The Bertz CT molecular complexity index is 550. The van der Waals surface area contributed by atoms with Crippen molar-refractivity contribution in [1.29, 1.82) is 0 Å². The van der Waals surface area contributed by atoms with Gasteiger partial charge in [0.1, 0.15) is 12.9 Å². The molecule has 2 aromatic carbocycles. The zero-order valence-electron chi connectivity index (χ0n) is 10.5. The van der Waals surface area contributed by atoms with Crippen molar-refractivity contribution in [2.24, 2.45) is 5.16 Å². The quantitative estimate of drug-likeness (QED) is 0.607. The second-order valence-electron chi connectivity index (χ2n) is 3.74. The fourth-order valence-corrected chi connectivity index (χ4v) is 1.77. The topological polar surface area (TPSA) is 30.8 Å². The van der Waals surface area contributed by atoms with Crippen molar-refractivity contribution in [2.75, 3.05) is 14.2 Å². The lowest BCUT2D eigenvalue weighted by Gasteiger charge is -2.07. The van der Waals surface area contributed by atoms with Gasteiger partial charge in [-0.2, -0.15) is 0 Å². The number of hydrogen-bond donors (Lipinski definition) is 0. The molecule has 0 fully saturated rings. The first-order chi connectivity index (χ1) is 8.85. The molecule has 0 atom stereocenters. The van der Waals surface area contributed by atoms with Gasteiger partial charge in [-0.25, -0.2) is 0 Å². The first-order valence-corrected chi connectivity index (χ1v) is 5.65. The molecule has 3 heteroatoms. The molecule has 0 aliphatic heterocycles. The van der Waals surface area contributed by atoms with E-state index in [0.29, 0.717) is 0 Å². The van der Waals surface area contributed by atoms with Crippen molar-refractivity contribution in [3.05, 3.63) is 54.1 Å². The van der Waals surface area contributed by atoms with Crippen LogP contribution in [0.15, 0.2) is 53.7 Å². The highest BCUT2D eigenvalue weighted by molar-refractivity contribution is 5.90. The minimum Gasteiger partial charge on any atom is -0.497 e. The number of ether oxygens (including phenoxy) is 1. The molecule has 2 aromatic rings. The van der Waals surface area contributed by atoms with E-state index in [1.54, 1.807) is 13.3 Å². The van der Waals surface area contributed by atoms with E-state index in [1.165, 1.54) is 7.11 Å². The normalized spacial score (nSPS) is 10.6. The van der Waals surface area contributed by atoms with E-state index in [2.05, 4.69) is 5.16 Å². The van der Waals surface area contributed by atoms with Crippen molar-refractivity contribution in [3.8, 4) is 16.9 Å². The van der Waals surface area contributed by atoms with Crippen LogP contribution in [0.25, 0.3) is 11.1 Å². The average Bonchev–Trinajstić information content (AvgIpc) is 2.45. The summed E-state index contributed by atoms with van der Waals surface area (Å²) in [4.78, 5) is 4.73. The molecule has 18 heavy (non-hydrogen) atoms. The predicted octanol–water partition coefficient (Wildman–Crippen LogP) is 3.34. The number of benzene rings is 2. The van der Waals surface area contributed by atoms with Gasteiger partial charge in [0.15, 0.2) is 0 Å². The van der Waals surface area contributed by atoms with E-state index in [0.717, 1.165) is 22.4 Å². The Hall–Kier alpha value is -2.29. The van der Waals surface area contributed by atoms with Gasteiger partial charge >= 0.3 is 0 Å². The van der Waals surface area contributed by atoms with Crippen LogP contribution in [0.2, 0.25) is 0 Å². The van der Waals surface area contributed by atoms with Crippen molar-refractivity contribution < 1.29 is 9.57 Å². The molecule has 3 nitrogen and oxygen atoms in total. The van der Waals surface area contributed by atoms with E-state index >= 15 is 0 Å². The fourth-order valence-electron chi connectivity index (χ4n) is 1.77. The molecule has 0 saturated carbocycles. The van der Waals surface area contributed by atoms with Gasteiger partial charge in [0.05, 0.1) is 13.3 Å². The highest BCUT2D eigenvalue weighted by Gasteiger charge is 2.03. The van der Waals surface area contributed by atoms with Gasteiger partial charge in [-0.1, -0.05) is 41.6 Å². The average molecular weight is 241 g/mol. The maximum atomic E-state index is 5.24. The first kappa shape index (κ1) is 12.2. The van der Waals surface area contributed by atoms with Crippen molar-refractivity contribution >= 4 is 6.21 Å². The molecule has 2 rings (SSSR count). The maximum Gasteiger partial charge on any atom is 0.119 e. The Balaban J connectivity index is 2.46. The van der Waals surface area contributed by atoms with Gasteiger partial charge in [0.2, 0.25) is 0 Å². The summed E-state index contributed by atoms with van der Waals surface area (Å²) in [6, 6.07) is 16.0. The molecular formula is C15H15NO2. The van der Waals surface area contributed by atoms with Crippen LogP contribution in [0.3, 0.4) is 0 Å². The highest BCUT2D eigenvalue weighted by atomic mass is 16.6. The van der Waals surface area contributed by atoms with Crippen LogP contribution in [-0.2, 0) is 4.84 Å². The molecule has 0 aliphatic rings. The van der Waals surface area contributed by atoms with Gasteiger partial charge in [0, 0.05) is 5.56 Å². The molecule has 0 radical (unpaired) electrons. The Morgan fingerprint density at radius 1 is 1.00 bits per heavy atom. The number of nitrogens with zero attached hydrogens (tertiary/aromatic N) is 1. The summed E-state index contributed by atoms with van der Waals surface area (Å²) in [6.45, 7) is 0. The van der Waals surface area contributed by atoms with E-state index in [4.69, 9.17) is 9.57 Å². The number of methoxy groups -OCH3 is 1. The summed E-state index contributed by atoms with van der Waals surface area (Å²) in [5, 5.41) is 3.81. The largest absolute Gasteiger partial charge is 0.497 e. The van der Waals surface area contributed by atoms with Crippen molar-refractivity contribution in [2.45, 2.75) is 0 Å². The molecular weight excluding hydrogens is 226 g/mol. The van der Waals surface area contributed by atoms with Crippen LogP contribution in [-0.4, -0.2) is 20.4 Å². The Labute approximate surface area is 107 Å². The third-order valence-electron chi connectivity index (χ3n) is 2.64. The zero-order valence-corrected chi connectivity index (χ0v) is 10.5. The third kappa shape index (κ3) is 2.69. The van der Waals surface area contributed by atoms with Gasteiger partial charge in [-0.3, -0.25) is 0 Å². The summed E-state index contributed by atoms with van der Waals surface area (Å²) < 4.78 is 5.24. The van der Waals surface area contributed by atoms with E-state index < -0.39 is 0 Å². The van der Waals surface area contributed by atoms with Crippen LogP contribution >= 0.6 is 0 Å². The standard InChI is InChI=1S/C15H15NO2/c1-17-14-8-5-7-12(10-14)15-9-4-3-6-13(15)11-16-18-2/h3-11H,1-2H3/b16-11+. The minimum absolute atomic E-state index is 0.839. The Morgan fingerprint density at radius 3 is 2.61 bits per heavy atom. The second-order valence-corrected chi connectivity index (χ2v) is 3.74. The first-order valence-electron chi connectivity index (χ1n) is 5.65. The van der Waals surface area contributed by atoms with Crippen LogP contribution in [0.5, 0.6) is 5.75 Å². The van der Waals surface area contributed by atoms with Gasteiger partial charge in [0.25, 0.3) is 0 Å². The molecule has 0 saturated heterocycles. The number of hydrogen-bond acceptors (Lipinski definition) is 3. The molecule has 0 bridgehead atoms. The molecule has 0 amide bonds. The molecule has 92 valence electrons. The van der Waals surface area contributed by atoms with E-state index in [-0.39, 0.29) is 0 Å². The lowest BCUT2D eigenvalue weighted by molar-refractivity contribution is 0.215. The predicted molar refractivity (Wildman–Crippen MR) is 73.0 cm³/mol.